The summed E-state index contributed by atoms with van der Waals surface area (Å²) in [5.41, 5.74) is -0.137. The molecule has 0 aromatic carbocycles. The number of piperidine rings is 1. The number of rotatable bonds is 3. The number of likely N-dealkylation sites (tertiary alicyclic amines) is 1. The zero-order chi connectivity index (χ0) is 14.9. The molecule has 1 saturated carbocycles. The van der Waals surface area contributed by atoms with Crippen LogP contribution in [0.25, 0.3) is 0 Å². The first-order valence-electron chi connectivity index (χ1n) is 7.99. The van der Waals surface area contributed by atoms with E-state index in [0.29, 0.717) is 18.0 Å². The van der Waals surface area contributed by atoms with Crippen molar-refractivity contribution in [1.82, 2.24) is 10.2 Å². The van der Waals surface area contributed by atoms with Crippen molar-refractivity contribution in [3.8, 4) is 0 Å². The molecule has 4 atom stereocenters. The Hall–Kier alpha value is -0.610. The molecule has 4 unspecified atom stereocenters. The molecule has 0 amide bonds. The molecule has 1 saturated heterocycles. The Balaban J connectivity index is 1.98. The SMILES string of the molecule is CC1C(NC2CCCN(C)C2)CCC(C(=O)O)C1(C)C. The number of hydrogen-bond acceptors (Lipinski definition) is 3. The minimum atomic E-state index is -0.627. The summed E-state index contributed by atoms with van der Waals surface area (Å²) in [5, 5.41) is 13.2. The Bertz CT molecular complexity index is 356. The van der Waals surface area contributed by atoms with E-state index in [1.807, 2.05) is 0 Å². The molecule has 1 aliphatic heterocycles. The van der Waals surface area contributed by atoms with Gasteiger partial charge in [-0.05, 0) is 50.6 Å². The Morgan fingerprint density at radius 3 is 2.60 bits per heavy atom. The van der Waals surface area contributed by atoms with E-state index in [4.69, 9.17) is 0 Å². The predicted molar refractivity (Wildman–Crippen MR) is 80.7 cm³/mol. The average Bonchev–Trinajstić information content (AvgIpc) is 2.34. The van der Waals surface area contributed by atoms with Gasteiger partial charge in [-0.2, -0.15) is 0 Å². The molecule has 116 valence electrons. The normalized spacial score (nSPS) is 38.6. The summed E-state index contributed by atoms with van der Waals surface area (Å²) < 4.78 is 0. The molecule has 1 aliphatic carbocycles. The lowest BCUT2D eigenvalue weighted by Crippen LogP contribution is -2.56. The van der Waals surface area contributed by atoms with Crippen molar-refractivity contribution in [2.45, 2.75) is 58.5 Å². The number of nitrogens with one attached hydrogen (secondary N) is 1. The van der Waals surface area contributed by atoms with E-state index < -0.39 is 5.97 Å². The Labute approximate surface area is 122 Å². The fourth-order valence-corrected chi connectivity index (χ4v) is 4.08. The topological polar surface area (TPSA) is 52.6 Å². The minimum Gasteiger partial charge on any atom is -0.481 e. The van der Waals surface area contributed by atoms with Crippen LogP contribution >= 0.6 is 0 Å². The summed E-state index contributed by atoms with van der Waals surface area (Å²) in [5.74, 6) is -0.438. The van der Waals surface area contributed by atoms with Crippen molar-refractivity contribution >= 4 is 5.97 Å². The average molecular weight is 282 g/mol. The second kappa shape index (κ2) is 6.02. The largest absolute Gasteiger partial charge is 0.481 e. The molecular formula is C16H30N2O2. The number of likely N-dealkylation sites (N-methyl/N-ethyl adjacent to an activating group) is 1. The third kappa shape index (κ3) is 3.17. The van der Waals surface area contributed by atoms with Crippen molar-refractivity contribution in [2.24, 2.45) is 17.3 Å². The smallest absolute Gasteiger partial charge is 0.307 e. The van der Waals surface area contributed by atoms with Crippen molar-refractivity contribution in [1.29, 1.82) is 0 Å². The van der Waals surface area contributed by atoms with Gasteiger partial charge in [0.1, 0.15) is 0 Å². The summed E-state index contributed by atoms with van der Waals surface area (Å²) in [6.45, 7) is 8.78. The van der Waals surface area contributed by atoms with E-state index in [0.717, 1.165) is 19.4 Å². The Morgan fingerprint density at radius 2 is 2.00 bits per heavy atom. The van der Waals surface area contributed by atoms with Crippen LogP contribution in [0.3, 0.4) is 0 Å². The van der Waals surface area contributed by atoms with Gasteiger partial charge in [0.15, 0.2) is 0 Å². The molecule has 0 aromatic heterocycles. The van der Waals surface area contributed by atoms with Gasteiger partial charge in [0.25, 0.3) is 0 Å². The van der Waals surface area contributed by atoms with Gasteiger partial charge in [0.05, 0.1) is 5.92 Å². The monoisotopic (exact) mass is 282 g/mol. The van der Waals surface area contributed by atoms with Gasteiger partial charge in [-0.25, -0.2) is 0 Å². The van der Waals surface area contributed by atoms with Crippen molar-refractivity contribution in [3.05, 3.63) is 0 Å². The van der Waals surface area contributed by atoms with Gasteiger partial charge >= 0.3 is 5.97 Å². The van der Waals surface area contributed by atoms with Gasteiger partial charge < -0.3 is 15.3 Å². The van der Waals surface area contributed by atoms with Crippen LogP contribution < -0.4 is 5.32 Å². The van der Waals surface area contributed by atoms with E-state index >= 15 is 0 Å². The van der Waals surface area contributed by atoms with Crippen LogP contribution in [-0.4, -0.2) is 48.2 Å². The maximum absolute atomic E-state index is 11.4. The molecule has 4 heteroatoms. The number of carboxylic acids is 1. The molecule has 4 nitrogen and oxygen atoms in total. The van der Waals surface area contributed by atoms with Gasteiger partial charge in [-0.15, -0.1) is 0 Å². The Kier molecular flexibility index (Phi) is 4.75. The van der Waals surface area contributed by atoms with Crippen LogP contribution in [0.5, 0.6) is 0 Å². The number of hydrogen-bond donors (Lipinski definition) is 2. The van der Waals surface area contributed by atoms with Crippen LogP contribution in [0.4, 0.5) is 0 Å². The quantitative estimate of drug-likeness (QED) is 0.833. The highest BCUT2D eigenvalue weighted by molar-refractivity contribution is 5.71. The first-order chi connectivity index (χ1) is 9.32. The first kappa shape index (κ1) is 15.8. The fraction of sp³-hybridized carbons (Fsp3) is 0.938. The molecule has 0 aromatic rings. The summed E-state index contributed by atoms with van der Waals surface area (Å²) in [6.07, 6.45) is 4.29. The maximum atomic E-state index is 11.4. The lowest BCUT2D eigenvalue weighted by atomic mass is 9.61. The van der Waals surface area contributed by atoms with Gasteiger partial charge in [-0.3, -0.25) is 4.79 Å². The molecule has 2 fully saturated rings. The van der Waals surface area contributed by atoms with E-state index in [-0.39, 0.29) is 11.3 Å². The molecule has 0 bridgehead atoms. The Morgan fingerprint density at radius 1 is 1.30 bits per heavy atom. The maximum Gasteiger partial charge on any atom is 0.307 e. The molecule has 2 aliphatic rings. The van der Waals surface area contributed by atoms with Gasteiger partial charge in [-0.1, -0.05) is 20.8 Å². The molecule has 0 radical (unpaired) electrons. The summed E-state index contributed by atoms with van der Waals surface area (Å²) in [7, 11) is 2.18. The van der Waals surface area contributed by atoms with E-state index in [2.05, 4.69) is 38.0 Å². The lowest BCUT2D eigenvalue weighted by Gasteiger charge is -2.48. The van der Waals surface area contributed by atoms with Gasteiger partial charge in [0.2, 0.25) is 0 Å². The van der Waals surface area contributed by atoms with E-state index in [9.17, 15) is 9.90 Å². The van der Waals surface area contributed by atoms with Crippen molar-refractivity contribution in [3.63, 3.8) is 0 Å². The third-order valence-corrected chi connectivity index (χ3v) is 5.81. The number of aliphatic carboxylic acids is 1. The highest BCUT2D eigenvalue weighted by atomic mass is 16.4. The first-order valence-corrected chi connectivity index (χ1v) is 7.99. The van der Waals surface area contributed by atoms with Crippen LogP contribution in [-0.2, 0) is 4.79 Å². The zero-order valence-electron chi connectivity index (χ0n) is 13.4. The van der Waals surface area contributed by atoms with Crippen LogP contribution in [0.2, 0.25) is 0 Å². The highest BCUT2D eigenvalue weighted by Crippen LogP contribution is 2.45. The summed E-state index contributed by atoms with van der Waals surface area (Å²) >= 11 is 0. The molecule has 1 heterocycles. The van der Waals surface area contributed by atoms with Crippen LogP contribution in [0.15, 0.2) is 0 Å². The van der Waals surface area contributed by atoms with Crippen molar-refractivity contribution in [2.75, 3.05) is 20.1 Å². The summed E-state index contributed by atoms with van der Waals surface area (Å²) in [6, 6.07) is 1.02. The van der Waals surface area contributed by atoms with Crippen LogP contribution in [0, 0.1) is 17.3 Å². The van der Waals surface area contributed by atoms with Crippen molar-refractivity contribution < 1.29 is 9.90 Å². The molecular weight excluding hydrogens is 252 g/mol. The second-order valence-corrected chi connectivity index (χ2v) is 7.45. The number of carbonyl (C=O) groups is 1. The minimum absolute atomic E-state index is 0.137. The summed E-state index contributed by atoms with van der Waals surface area (Å²) in [4.78, 5) is 13.8. The molecule has 0 spiro atoms. The van der Waals surface area contributed by atoms with Gasteiger partial charge in [0, 0.05) is 18.6 Å². The second-order valence-electron chi connectivity index (χ2n) is 7.45. The predicted octanol–water partition coefficient (Wildman–Crippen LogP) is 2.20. The number of nitrogens with zero attached hydrogens (tertiary/aromatic N) is 1. The molecule has 20 heavy (non-hydrogen) atoms. The number of carboxylic acid groups (broad SMARTS) is 1. The standard InChI is InChI=1S/C16H30N2O2/c1-11-14(17-12-6-5-9-18(4)10-12)8-7-13(15(19)20)16(11,2)3/h11-14,17H,5-10H2,1-4H3,(H,19,20). The van der Waals surface area contributed by atoms with E-state index in [1.54, 1.807) is 0 Å². The lowest BCUT2D eigenvalue weighted by molar-refractivity contribution is -0.150. The highest BCUT2D eigenvalue weighted by Gasteiger charge is 2.46. The zero-order valence-corrected chi connectivity index (χ0v) is 13.4. The third-order valence-electron chi connectivity index (χ3n) is 5.81. The fourth-order valence-electron chi connectivity index (χ4n) is 4.08. The molecule has 2 N–H and O–H groups in total. The van der Waals surface area contributed by atoms with Crippen LogP contribution in [0.1, 0.15) is 46.5 Å². The molecule has 2 rings (SSSR count). The van der Waals surface area contributed by atoms with E-state index in [1.165, 1.54) is 19.4 Å².